The van der Waals surface area contributed by atoms with E-state index in [2.05, 4.69) is 5.32 Å². The molecule has 1 heterocycles. The quantitative estimate of drug-likeness (QED) is 0.896. The summed E-state index contributed by atoms with van der Waals surface area (Å²) in [6.07, 6.45) is 0.823. The maximum Gasteiger partial charge on any atom is 0.250 e. The second kappa shape index (κ2) is 5.84. The van der Waals surface area contributed by atoms with Crippen molar-refractivity contribution in [3.63, 3.8) is 0 Å². The predicted octanol–water partition coefficient (Wildman–Crippen LogP) is 1.57. The summed E-state index contributed by atoms with van der Waals surface area (Å²) in [6, 6.07) is 5.60. The zero-order valence-corrected chi connectivity index (χ0v) is 11.2. The molecule has 0 aromatic heterocycles. The van der Waals surface area contributed by atoms with Gasteiger partial charge in [0, 0.05) is 31.5 Å². The summed E-state index contributed by atoms with van der Waals surface area (Å²) >= 11 is 0. The lowest BCUT2D eigenvalue weighted by atomic mass is 10.1. The second-order valence-corrected chi connectivity index (χ2v) is 4.45. The first-order chi connectivity index (χ1) is 9.11. The van der Waals surface area contributed by atoms with Crippen LogP contribution in [0.4, 0.5) is 11.4 Å². The first-order valence-electron chi connectivity index (χ1n) is 6.40. The minimum absolute atomic E-state index is 0.0480. The van der Waals surface area contributed by atoms with Crippen LogP contribution >= 0.6 is 0 Å². The van der Waals surface area contributed by atoms with Crippen LogP contribution in [-0.4, -0.2) is 31.6 Å². The van der Waals surface area contributed by atoms with Crippen molar-refractivity contribution < 1.29 is 14.3 Å². The Morgan fingerprint density at radius 1 is 1.42 bits per heavy atom. The molecule has 0 radical (unpaired) electrons. The number of rotatable bonds is 4. The Morgan fingerprint density at radius 3 is 2.89 bits per heavy atom. The SMILES string of the molecule is CCOCC(=O)Nc1ccc2c(c1)CCN2C(C)=O. The molecule has 2 amide bonds. The fourth-order valence-electron chi connectivity index (χ4n) is 2.20. The topological polar surface area (TPSA) is 58.6 Å². The van der Waals surface area contributed by atoms with Crippen LogP contribution in [0.3, 0.4) is 0 Å². The molecule has 1 aromatic rings. The smallest absolute Gasteiger partial charge is 0.250 e. The molecule has 0 saturated carbocycles. The van der Waals surface area contributed by atoms with Crippen LogP contribution in [-0.2, 0) is 20.7 Å². The number of benzene rings is 1. The Kier molecular flexibility index (Phi) is 4.16. The van der Waals surface area contributed by atoms with Crippen molar-refractivity contribution in [3.8, 4) is 0 Å². The molecule has 1 aromatic carbocycles. The van der Waals surface area contributed by atoms with Crippen LogP contribution in [0.25, 0.3) is 0 Å². The van der Waals surface area contributed by atoms with E-state index < -0.39 is 0 Å². The van der Waals surface area contributed by atoms with Crippen molar-refractivity contribution in [1.82, 2.24) is 0 Å². The highest BCUT2D eigenvalue weighted by atomic mass is 16.5. The average molecular weight is 262 g/mol. The van der Waals surface area contributed by atoms with E-state index in [-0.39, 0.29) is 18.4 Å². The van der Waals surface area contributed by atoms with Gasteiger partial charge in [-0.15, -0.1) is 0 Å². The molecule has 5 nitrogen and oxygen atoms in total. The van der Waals surface area contributed by atoms with Crippen molar-refractivity contribution in [2.75, 3.05) is 30.0 Å². The van der Waals surface area contributed by atoms with Gasteiger partial charge in [0.25, 0.3) is 0 Å². The molecule has 0 spiro atoms. The van der Waals surface area contributed by atoms with Gasteiger partial charge < -0.3 is 15.0 Å². The molecule has 1 aliphatic heterocycles. The lowest BCUT2D eigenvalue weighted by molar-refractivity contribution is -0.120. The molecule has 0 bridgehead atoms. The molecule has 0 saturated heterocycles. The van der Waals surface area contributed by atoms with Gasteiger partial charge in [-0.3, -0.25) is 9.59 Å². The number of hydrogen-bond acceptors (Lipinski definition) is 3. The van der Waals surface area contributed by atoms with Crippen LogP contribution in [0.2, 0.25) is 0 Å². The number of nitrogens with one attached hydrogen (secondary N) is 1. The zero-order chi connectivity index (χ0) is 13.8. The third-order valence-corrected chi connectivity index (χ3v) is 3.08. The molecule has 1 aliphatic rings. The standard InChI is InChI=1S/C14H18N2O3/c1-3-19-9-14(18)15-12-4-5-13-11(8-12)6-7-16(13)10(2)17/h4-5,8H,3,6-7,9H2,1-2H3,(H,15,18). The van der Waals surface area contributed by atoms with E-state index in [0.717, 1.165) is 23.4 Å². The number of ether oxygens (including phenoxy) is 1. The van der Waals surface area contributed by atoms with Crippen molar-refractivity contribution in [2.24, 2.45) is 0 Å². The average Bonchev–Trinajstić information content (AvgIpc) is 2.79. The Hall–Kier alpha value is -1.88. The number of carbonyl (C=O) groups is 2. The van der Waals surface area contributed by atoms with E-state index in [4.69, 9.17) is 4.74 Å². The summed E-state index contributed by atoms with van der Waals surface area (Å²) in [5.41, 5.74) is 2.77. The lowest BCUT2D eigenvalue weighted by Gasteiger charge is -2.15. The van der Waals surface area contributed by atoms with Gasteiger partial charge in [-0.25, -0.2) is 0 Å². The van der Waals surface area contributed by atoms with Gasteiger partial charge in [0.2, 0.25) is 11.8 Å². The Morgan fingerprint density at radius 2 is 2.21 bits per heavy atom. The first kappa shape index (κ1) is 13.5. The number of carbonyl (C=O) groups excluding carboxylic acids is 2. The molecule has 2 rings (SSSR count). The van der Waals surface area contributed by atoms with Gasteiger partial charge >= 0.3 is 0 Å². The third kappa shape index (κ3) is 3.12. The molecule has 19 heavy (non-hydrogen) atoms. The van der Waals surface area contributed by atoms with Gasteiger partial charge in [0.15, 0.2) is 0 Å². The monoisotopic (exact) mass is 262 g/mol. The zero-order valence-electron chi connectivity index (χ0n) is 11.2. The lowest BCUT2D eigenvalue weighted by Crippen LogP contribution is -2.25. The largest absolute Gasteiger partial charge is 0.372 e. The highest BCUT2D eigenvalue weighted by Crippen LogP contribution is 2.30. The molecule has 0 fully saturated rings. The highest BCUT2D eigenvalue weighted by Gasteiger charge is 2.22. The van der Waals surface area contributed by atoms with Gasteiger partial charge in [0.05, 0.1) is 0 Å². The molecule has 1 N–H and O–H groups in total. The van der Waals surface area contributed by atoms with Crippen LogP contribution < -0.4 is 10.2 Å². The van der Waals surface area contributed by atoms with Crippen molar-refractivity contribution in [2.45, 2.75) is 20.3 Å². The normalized spacial score (nSPS) is 13.3. The summed E-state index contributed by atoms with van der Waals surface area (Å²) in [5.74, 6) is -0.116. The Labute approximate surface area is 112 Å². The molecular weight excluding hydrogens is 244 g/mol. The first-order valence-corrected chi connectivity index (χ1v) is 6.40. The van der Waals surface area contributed by atoms with Crippen molar-refractivity contribution in [3.05, 3.63) is 23.8 Å². The minimum atomic E-state index is -0.164. The van der Waals surface area contributed by atoms with Gasteiger partial charge in [-0.1, -0.05) is 0 Å². The van der Waals surface area contributed by atoms with E-state index in [9.17, 15) is 9.59 Å². The van der Waals surface area contributed by atoms with Crippen molar-refractivity contribution >= 4 is 23.2 Å². The molecular formula is C14H18N2O3. The second-order valence-electron chi connectivity index (χ2n) is 4.45. The van der Waals surface area contributed by atoms with Crippen molar-refractivity contribution in [1.29, 1.82) is 0 Å². The van der Waals surface area contributed by atoms with Crippen LogP contribution in [0.5, 0.6) is 0 Å². The van der Waals surface area contributed by atoms with Crippen LogP contribution in [0.15, 0.2) is 18.2 Å². The Balaban J connectivity index is 2.06. The fraction of sp³-hybridized carbons (Fsp3) is 0.429. The number of nitrogens with zero attached hydrogens (tertiary/aromatic N) is 1. The van der Waals surface area contributed by atoms with E-state index >= 15 is 0 Å². The number of fused-ring (bicyclic) bond motifs is 1. The number of amides is 2. The summed E-state index contributed by atoms with van der Waals surface area (Å²) < 4.78 is 5.04. The van der Waals surface area contributed by atoms with E-state index in [0.29, 0.717) is 13.2 Å². The summed E-state index contributed by atoms with van der Waals surface area (Å²) in [5, 5.41) is 2.78. The van der Waals surface area contributed by atoms with E-state index in [1.165, 1.54) is 0 Å². The third-order valence-electron chi connectivity index (χ3n) is 3.08. The maximum absolute atomic E-state index is 11.5. The molecule has 0 aliphatic carbocycles. The van der Waals surface area contributed by atoms with Crippen LogP contribution in [0, 0.1) is 0 Å². The fourth-order valence-corrected chi connectivity index (χ4v) is 2.20. The van der Waals surface area contributed by atoms with Crippen LogP contribution in [0.1, 0.15) is 19.4 Å². The van der Waals surface area contributed by atoms with E-state index in [1.54, 1.807) is 11.8 Å². The molecule has 0 atom stereocenters. The molecule has 102 valence electrons. The van der Waals surface area contributed by atoms with Gasteiger partial charge in [0.1, 0.15) is 6.61 Å². The van der Waals surface area contributed by atoms with Gasteiger partial charge in [-0.2, -0.15) is 0 Å². The van der Waals surface area contributed by atoms with E-state index in [1.807, 2.05) is 25.1 Å². The highest BCUT2D eigenvalue weighted by molar-refractivity contribution is 5.95. The summed E-state index contributed by atoms with van der Waals surface area (Å²) in [4.78, 5) is 24.7. The summed E-state index contributed by atoms with van der Waals surface area (Å²) in [6.45, 7) is 4.70. The van der Waals surface area contributed by atoms with Gasteiger partial charge in [-0.05, 0) is 37.1 Å². The Bertz CT molecular complexity index is 499. The molecule has 5 heteroatoms. The number of hydrogen-bond donors (Lipinski definition) is 1. The number of anilines is 2. The maximum atomic E-state index is 11.5. The molecule has 0 unspecified atom stereocenters. The predicted molar refractivity (Wildman–Crippen MR) is 73.3 cm³/mol. The summed E-state index contributed by atoms with van der Waals surface area (Å²) in [7, 11) is 0. The minimum Gasteiger partial charge on any atom is -0.372 e.